The molecule has 1 aromatic carbocycles. The van der Waals surface area contributed by atoms with Gasteiger partial charge in [-0.1, -0.05) is 13.3 Å². The molecule has 0 aromatic heterocycles. The number of anilines is 1. The first kappa shape index (κ1) is 15.9. The van der Waals surface area contributed by atoms with E-state index in [1.807, 2.05) is 0 Å². The maximum absolute atomic E-state index is 11.0. The van der Waals surface area contributed by atoms with Gasteiger partial charge in [0.1, 0.15) is 0 Å². The van der Waals surface area contributed by atoms with Gasteiger partial charge in [-0.15, -0.1) is 0 Å². The maximum atomic E-state index is 11.0. The zero-order valence-electron chi connectivity index (χ0n) is 11.3. The van der Waals surface area contributed by atoms with Gasteiger partial charge in [0.2, 0.25) is 0 Å². The van der Waals surface area contributed by atoms with Crippen LogP contribution in [0.15, 0.2) is 18.2 Å². The summed E-state index contributed by atoms with van der Waals surface area (Å²) in [5.74, 6) is -1.13. The number of ether oxygens (including phenoxy) is 1. The van der Waals surface area contributed by atoms with Gasteiger partial charge in [-0.2, -0.15) is 0 Å². The molecule has 0 saturated carbocycles. The minimum absolute atomic E-state index is 0.00385. The van der Waals surface area contributed by atoms with Crippen LogP contribution in [-0.2, 0) is 4.74 Å². The summed E-state index contributed by atoms with van der Waals surface area (Å²) in [4.78, 5) is 21.2. The summed E-state index contributed by atoms with van der Waals surface area (Å²) in [6.45, 7) is 3.52. The molecule has 7 nitrogen and oxygen atoms in total. The van der Waals surface area contributed by atoms with Gasteiger partial charge < -0.3 is 15.2 Å². The lowest BCUT2D eigenvalue weighted by Crippen LogP contribution is -2.13. The Labute approximate surface area is 116 Å². The Bertz CT molecular complexity index is 476. The van der Waals surface area contributed by atoms with Crippen LogP contribution in [0.2, 0.25) is 0 Å². The van der Waals surface area contributed by atoms with E-state index >= 15 is 0 Å². The molecule has 0 aliphatic rings. The van der Waals surface area contributed by atoms with Gasteiger partial charge in [-0.25, -0.2) is 4.79 Å². The second kappa shape index (κ2) is 8.11. The lowest BCUT2D eigenvalue weighted by atomic mass is 10.1. The third-order valence-electron chi connectivity index (χ3n) is 2.65. The van der Waals surface area contributed by atoms with E-state index in [2.05, 4.69) is 12.2 Å². The summed E-state index contributed by atoms with van der Waals surface area (Å²) in [7, 11) is 0. The SMILES string of the molecule is CCCCOCCNc1cc([N+](=O)[O-])ccc1C(=O)O. The highest BCUT2D eigenvalue weighted by atomic mass is 16.6. The normalized spacial score (nSPS) is 10.2. The van der Waals surface area contributed by atoms with Crippen molar-refractivity contribution in [2.45, 2.75) is 19.8 Å². The van der Waals surface area contributed by atoms with E-state index in [0.29, 0.717) is 19.8 Å². The highest BCUT2D eigenvalue weighted by molar-refractivity contribution is 5.94. The highest BCUT2D eigenvalue weighted by Gasteiger charge is 2.14. The molecule has 0 amide bonds. The Kier molecular flexibility index (Phi) is 6.45. The lowest BCUT2D eigenvalue weighted by Gasteiger charge is -2.09. The van der Waals surface area contributed by atoms with E-state index in [0.717, 1.165) is 12.8 Å². The predicted octanol–water partition coefficient (Wildman–Crippen LogP) is 2.52. The zero-order valence-corrected chi connectivity index (χ0v) is 11.3. The number of aromatic carboxylic acids is 1. The van der Waals surface area contributed by atoms with Crippen molar-refractivity contribution in [2.75, 3.05) is 25.1 Å². The topological polar surface area (TPSA) is 102 Å². The van der Waals surface area contributed by atoms with Crippen molar-refractivity contribution in [2.24, 2.45) is 0 Å². The molecular weight excluding hydrogens is 264 g/mol. The number of benzene rings is 1. The number of rotatable bonds is 9. The van der Waals surface area contributed by atoms with Gasteiger partial charge in [-0.3, -0.25) is 10.1 Å². The van der Waals surface area contributed by atoms with Crippen LogP contribution in [0.1, 0.15) is 30.1 Å². The van der Waals surface area contributed by atoms with E-state index in [1.165, 1.54) is 18.2 Å². The first-order valence-electron chi connectivity index (χ1n) is 6.39. The van der Waals surface area contributed by atoms with E-state index in [-0.39, 0.29) is 16.9 Å². The monoisotopic (exact) mass is 282 g/mol. The number of carboxylic acid groups (broad SMARTS) is 1. The molecular formula is C13H18N2O5. The second-order valence-electron chi connectivity index (χ2n) is 4.18. The number of nitro groups is 1. The molecule has 0 atom stereocenters. The fourth-order valence-electron chi connectivity index (χ4n) is 1.58. The molecule has 0 saturated heterocycles. The summed E-state index contributed by atoms with van der Waals surface area (Å²) in [6.07, 6.45) is 2.01. The number of nitro benzene ring substituents is 1. The smallest absolute Gasteiger partial charge is 0.337 e. The molecule has 20 heavy (non-hydrogen) atoms. The Balaban J connectivity index is 2.63. The summed E-state index contributed by atoms with van der Waals surface area (Å²) in [5, 5.41) is 22.6. The number of carbonyl (C=O) groups is 1. The van der Waals surface area contributed by atoms with E-state index in [1.54, 1.807) is 0 Å². The van der Waals surface area contributed by atoms with Crippen molar-refractivity contribution in [3.05, 3.63) is 33.9 Å². The third kappa shape index (κ3) is 4.85. The molecule has 0 radical (unpaired) electrons. The Hall–Kier alpha value is -2.15. The van der Waals surface area contributed by atoms with E-state index < -0.39 is 10.9 Å². The number of hydrogen-bond donors (Lipinski definition) is 2. The van der Waals surface area contributed by atoms with Crippen molar-refractivity contribution in [1.29, 1.82) is 0 Å². The number of nitrogens with zero attached hydrogens (tertiary/aromatic N) is 1. The van der Waals surface area contributed by atoms with Gasteiger partial charge in [0, 0.05) is 25.3 Å². The van der Waals surface area contributed by atoms with E-state index in [4.69, 9.17) is 9.84 Å². The van der Waals surface area contributed by atoms with Crippen LogP contribution in [0, 0.1) is 10.1 Å². The summed E-state index contributed by atoms with van der Waals surface area (Å²) in [6, 6.07) is 3.61. The molecule has 1 rings (SSSR count). The quantitative estimate of drug-likeness (QED) is 0.410. The van der Waals surface area contributed by atoms with Crippen molar-refractivity contribution >= 4 is 17.3 Å². The van der Waals surface area contributed by atoms with Crippen molar-refractivity contribution in [1.82, 2.24) is 0 Å². The molecule has 0 aliphatic heterocycles. The van der Waals surface area contributed by atoms with Crippen LogP contribution in [0.4, 0.5) is 11.4 Å². The number of nitrogens with one attached hydrogen (secondary N) is 1. The van der Waals surface area contributed by atoms with Crippen molar-refractivity contribution in [3.63, 3.8) is 0 Å². The average molecular weight is 282 g/mol. The Morgan fingerprint density at radius 2 is 2.20 bits per heavy atom. The molecule has 0 bridgehead atoms. The Morgan fingerprint density at radius 1 is 1.45 bits per heavy atom. The second-order valence-corrected chi connectivity index (χ2v) is 4.18. The molecule has 2 N–H and O–H groups in total. The number of unbranched alkanes of at least 4 members (excludes halogenated alkanes) is 1. The molecule has 110 valence electrons. The molecule has 0 heterocycles. The van der Waals surface area contributed by atoms with Crippen LogP contribution in [-0.4, -0.2) is 35.8 Å². The minimum atomic E-state index is -1.13. The highest BCUT2D eigenvalue weighted by Crippen LogP contribution is 2.22. The third-order valence-corrected chi connectivity index (χ3v) is 2.65. The Morgan fingerprint density at radius 3 is 2.80 bits per heavy atom. The molecule has 7 heteroatoms. The first-order chi connectivity index (χ1) is 9.56. The van der Waals surface area contributed by atoms with Gasteiger partial charge in [-0.05, 0) is 12.5 Å². The largest absolute Gasteiger partial charge is 0.478 e. The number of carboxylic acids is 1. The summed E-state index contributed by atoms with van der Waals surface area (Å²) in [5.41, 5.74) is 0.0827. The molecule has 0 spiro atoms. The summed E-state index contributed by atoms with van der Waals surface area (Å²) < 4.78 is 5.33. The fourth-order valence-corrected chi connectivity index (χ4v) is 1.58. The number of hydrogen-bond acceptors (Lipinski definition) is 5. The number of non-ortho nitro benzene ring substituents is 1. The maximum Gasteiger partial charge on any atom is 0.337 e. The average Bonchev–Trinajstić information content (AvgIpc) is 2.42. The van der Waals surface area contributed by atoms with Gasteiger partial charge in [0.05, 0.1) is 22.8 Å². The lowest BCUT2D eigenvalue weighted by molar-refractivity contribution is -0.384. The van der Waals surface area contributed by atoms with Crippen LogP contribution < -0.4 is 5.32 Å². The van der Waals surface area contributed by atoms with Gasteiger partial charge in [0.15, 0.2) is 0 Å². The van der Waals surface area contributed by atoms with E-state index in [9.17, 15) is 14.9 Å². The zero-order chi connectivity index (χ0) is 15.0. The fraction of sp³-hybridized carbons (Fsp3) is 0.462. The van der Waals surface area contributed by atoms with Gasteiger partial charge in [0.25, 0.3) is 5.69 Å². The van der Waals surface area contributed by atoms with Crippen molar-refractivity contribution < 1.29 is 19.6 Å². The molecule has 0 fully saturated rings. The van der Waals surface area contributed by atoms with Crippen LogP contribution in [0.25, 0.3) is 0 Å². The standard InChI is InChI=1S/C13H18N2O5/c1-2-3-7-20-8-6-14-12-9-10(15(18)19)4-5-11(12)13(16)17/h4-5,9,14H,2-3,6-8H2,1H3,(H,16,17). The first-order valence-corrected chi connectivity index (χ1v) is 6.39. The van der Waals surface area contributed by atoms with Crippen LogP contribution in [0.3, 0.4) is 0 Å². The molecule has 0 aliphatic carbocycles. The molecule has 1 aromatic rings. The van der Waals surface area contributed by atoms with Gasteiger partial charge >= 0.3 is 5.97 Å². The minimum Gasteiger partial charge on any atom is -0.478 e. The van der Waals surface area contributed by atoms with Crippen LogP contribution in [0.5, 0.6) is 0 Å². The molecule has 0 unspecified atom stereocenters. The van der Waals surface area contributed by atoms with Crippen LogP contribution >= 0.6 is 0 Å². The van der Waals surface area contributed by atoms with Crippen molar-refractivity contribution in [3.8, 4) is 0 Å². The predicted molar refractivity (Wildman–Crippen MR) is 74.3 cm³/mol. The summed E-state index contributed by atoms with van der Waals surface area (Å²) >= 11 is 0.